The molecule has 0 fully saturated rings. The van der Waals surface area contributed by atoms with Crippen LogP contribution >= 0.6 is 11.6 Å². The smallest absolute Gasteiger partial charge is 0.335 e. The lowest BCUT2D eigenvalue weighted by atomic mass is 10.1. The van der Waals surface area contributed by atoms with Crippen molar-refractivity contribution in [2.24, 2.45) is 0 Å². The lowest BCUT2D eigenvalue weighted by Gasteiger charge is -2.08. The largest absolute Gasteiger partial charge is 0.506 e. The summed E-state index contributed by atoms with van der Waals surface area (Å²) in [5, 5.41) is 20.3. The number of anilines is 1. The normalized spacial score (nSPS) is 10.2. The van der Waals surface area contributed by atoms with Crippen LogP contribution < -0.4 is 5.32 Å². The number of hydrogen-bond acceptors (Lipinski definition) is 3. The maximum Gasteiger partial charge on any atom is 0.335 e. The van der Waals surface area contributed by atoms with Gasteiger partial charge in [-0.15, -0.1) is 0 Å². The van der Waals surface area contributed by atoms with Gasteiger partial charge >= 0.3 is 5.97 Å². The Bertz CT molecular complexity index is 733. The zero-order valence-electron chi connectivity index (χ0n) is 10.4. The molecular weight excluding hydrogens is 301 g/mol. The second kappa shape index (κ2) is 5.80. The van der Waals surface area contributed by atoms with E-state index in [0.29, 0.717) is 0 Å². The highest BCUT2D eigenvalue weighted by Crippen LogP contribution is 2.24. The molecule has 0 saturated carbocycles. The Morgan fingerprint density at radius 1 is 1.10 bits per heavy atom. The second-order valence-corrected chi connectivity index (χ2v) is 4.53. The fourth-order valence-corrected chi connectivity index (χ4v) is 1.78. The molecule has 0 aliphatic heterocycles. The highest BCUT2D eigenvalue weighted by molar-refractivity contribution is 6.32. The first-order valence-corrected chi connectivity index (χ1v) is 6.09. The van der Waals surface area contributed by atoms with Gasteiger partial charge in [-0.1, -0.05) is 11.6 Å². The minimum absolute atomic E-state index is 0.0255. The van der Waals surface area contributed by atoms with Gasteiger partial charge in [0.05, 0.1) is 16.3 Å². The number of carboxylic acids is 1. The fraction of sp³-hybridized carbons (Fsp3) is 0. The van der Waals surface area contributed by atoms with Gasteiger partial charge in [0.1, 0.15) is 11.6 Å². The first-order chi connectivity index (χ1) is 9.88. The van der Waals surface area contributed by atoms with Crippen LogP contribution in [0.1, 0.15) is 20.7 Å². The summed E-state index contributed by atoms with van der Waals surface area (Å²) in [6.07, 6.45) is 0. The van der Waals surface area contributed by atoms with Gasteiger partial charge in [0.2, 0.25) is 0 Å². The molecule has 0 aliphatic carbocycles. The summed E-state index contributed by atoms with van der Waals surface area (Å²) < 4.78 is 13.6. The number of aromatic hydroxyl groups is 1. The van der Waals surface area contributed by atoms with Crippen molar-refractivity contribution in [3.05, 3.63) is 58.4 Å². The number of phenols is 1. The van der Waals surface area contributed by atoms with Gasteiger partial charge in [0.15, 0.2) is 0 Å². The van der Waals surface area contributed by atoms with Crippen LogP contribution in [0, 0.1) is 5.82 Å². The van der Waals surface area contributed by atoms with Crippen molar-refractivity contribution in [2.45, 2.75) is 0 Å². The summed E-state index contributed by atoms with van der Waals surface area (Å²) in [5.41, 5.74) is -0.322. The molecule has 2 aromatic carbocycles. The Hall–Kier alpha value is -2.60. The van der Waals surface area contributed by atoms with Crippen LogP contribution in [0.5, 0.6) is 5.75 Å². The molecule has 5 nitrogen and oxygen atoms in total. The summed E-state index contributed by atoms with van der Waals surface area (Å²) in [4.78, 5) is 22.8. The monoisotopic (exact) mass is 309 g/mol. The van der Waals surface area contributed by atoms with Gasteiger partial charge in [0, 0.05) is 5.56 Å². The third-order valence-corrected chi connectivity index (χ3v) is 2.97. The van der Waals surface area contributed by atoms with E-state index >= 15 is 0 Å². The number of benzene rings is 2. The SMILES string of the molecule is O=C(O)c1ccc(F)c(NC(=O)c2ccc(O)c(Cl)c2)c1. The average Bonchev–Trinajstić information content (AvgIpc) is 2.43. The minimum Gasteiger partial charge on any atom is -0.506 e. The molecule has 2 rings (SSSR count). The fourth-order valence-electron chi connectivity index (χ4n) is 1.60. The topological polar surface area (TPSA) is 86.6 Å². The molecular formula is C14H9ClFNO4. The second-order valence-electron chi connectivity index (χ2n) is 4.12. The Morgan fingerprint density at radius 2 is 1.76 bits per heavy atom. The summed E-state index contributed by atoms with van der Waals surface area (Å²) >= 11 is 5.68. The van der Waals surface area contributed by atoms with Gasteiger partial charge in [0.25, 0.3) is 5.91 Å². The molecule has 0 aromatic heterocycles. The number of amides is 1. The van der Waals surface area contributed by atoms with Crippen molar-refractivity contribution in [2.75, 3.05) is 5.32 Å². The third kappa shape index (κ3) is 3.29. The van der Waals surface area contributed by atoms with Crippen molar-refractivity contribution in [1.29, 1.82) is 0 Å². The summed E-state index contributed by atoms with van der Waals surface area (Å²) in [6, 6.07) is 6.78. The van der Waals surface area contributed by atoms with Crippen LogP contribution in [0.15, 0.2) is 36.4 Å². The lowest BCUT2D eigenvalue weighted by molar-refractivity contribution is 0.0696. The van der Waals surface area contributed by atoms with Crippen LogP contribution in [-0.2, 0) is 0 Å². The third-order valence-electron chi connectivity index (χ3n) is 2.67. The molecule has 0 unspecified atom stereocenters. The predicted molar refractivity (Wildman–Crippen MR) is 74.4 cm³/mol. The standard InChI is InChI=1S/C14H9ClFNO4/c15-9-5-7(2-4-12(9)18)13(19)17-11-6-8(14(20)21)1-3-10(11)16/h1-6,18H,(H,17,19)(H,20,21). The maximum absolute atomic E-state index is 13.6. The van der Waals surface area contributed by atoms with E-state index in [2.05, 4.69) is 5.32 Å². The van der Waals surface area contributed by atoms with Crippen molar-refractivity contribution in [1.82, 2.24) is 0 Å². The zero-order valence-corrected chi connectivity index (χ0v) is 11.2. The van der Waals surface area contributed by atoms with Crippen LogP contribution in [0.4, 0.5) is 10.1 Å². The number of nitrogens with one attached hydrogen (secondary N) is 1. The van der Waals surface area contributed by atoms with Crippen LogP contribution in [0.25, 0.3) is 0 Å². The van der Waals surface area contributed by atoms with Crippen LogP contribution in [0.3, 0.4) is 0 Å². The number of halogens is 2. The molecule has 0 heterocycles. The van der Waals surface area contributed by atoms with E-state index < -0.39 is 17.7 Å². The molecule has 2 aromatic rings. The number of hydrogen-bond donors (Lipinski definition) is 3. The van der Waals surface area contributed by atoms with E-state index in [1.807, 2.05) is 0 Å². The number of carbonyl (C=O) groups is 2. The van der Waals surface area contributed by atoms with E-state index in [4.69, 9.17) is 16.7 Å². The van der Waals surface area contributed by atoms with Gasteiger partial charge in [-0.05, 0) is 36.4 Å². The summed E-state index contributed by atoms with van der Waals surface area (Å²) in [5.74, 6) is -2.87. The van der Waals surface area contributed by atoms with Crippen molar-refractivity contribution >= 4 is 29.2 Å². The van der Waals surface area contributed by atoms with Crippen LogP contribution in [0.2, 0.25) is 5.02 Å². The lowest BCUT2D eigenvalue weighted by Crippen LogP contribution is -2.13. The predicted octanol–water partition coefficient (Wildman–Crippen LogP) is 3.14. The average molecular weight is 310 g/mol. The molecule has 0 aliphatic rings. The first-order valence-electron chi connectivity index (χ1n) is 5.71. The molecule has 0 spiro atoms. The van der Waals surface area contributed by atoms with E-state index in [0.717, 1.165) is 18.2 Å². The highest BCUT2D eigenvalue weighted by atomic mass is 35.5. The quantitative estimate of drug-likeness (QED) is 0.813. The molecule has 7 heteroatoms. The van der Waals surface area contributed by atoms with Crippen molar-refractivity contribution < 1.29 is 24.2 Å². The molecule has 0 atom stereocenters. The Kier molecular flexibility index (Phi) is 4.09. The summed E-state index contributed by atoms with van der Waals surface area (Å²) in [6.45, 7) is 0. The molecule has 21 heavy (non-hydrogen) atoms. The number of carboxylic acid groups (broad SMARTS) is 1. The Balaban J connectivity index is 2.28. The number of carbonyl (C=O) groups excluding carboxylic acids is 1. The van der Waals surface area contributed by atoms with E-state index in [1.165, 1.54) is 18.2 Å². The number of aromatic carboxylic acids is 1. The Morgan fingerprint density at radius 3 is 2.38 bits per heavy atom. The molecule has 0 bridgehead atoms. The minimum atomic E-state index is -1.24. The molecule has 0 radical (unpaired) electrons. The number of phenolic OH excluding ortho intramolecular Hbond substituents is 1. The van der Waals surface area contributed by atoms with Crippen molar-refractivity contribution in [3.63, 3.8) is 0 Å². The maximum atomic E-state index is 13.6. The highest BCUT2D eigenvalue weighted by Gasteiger charge is 2.13. The Labute approximate surface area is 123 Å². The van der Waals surface area contributed by atoms with Gasteiger partial charge in [-0.3, -0.25) is 4.79 Å². The van der Waals surface area contributed by atoms with E-state index in [9.17, 15) is 19.1 Å². The first kappa shape index (κ1) is 14.8. The van der Waals surface area contributed by atoms with E-state index in [1.54, 1.807) is 0 Å². The molecule has 108 valence electrons. The molecule has 1 amide bonds. The van der Waals surface area contributed by atoms with Crippen molar-refractivity contribution in [3.8, 4) is 5.75 Å². The van der Waals surface area contributed by atoms with E-state index in [-0.39, 0.29) is 27.6 Å². The molecule has 3 N–H and O–H groups in total. The van der Waals surface area contributed by atoms with Gasteiger partial charge in [-0.2, -0.15) is 0 Å². The number of rotatable bonds is 3. The summed E-state index contributed by atoms with van der Waals surface area (Å²) in [7, 11) is 0. The van der Waals surface area contributed by atoms with Crippen LogP contribution in [-0.4, -0.2) is 22.1 Å². The molecule has 0 saturated heterocycles. The zero-order chi connectivity index (χ0) is 15.6. The van der Waals surface area contributed by atoms with Gasteiger partial charge < -0.3 is 15.5 Å². The van der Waals surface area contributed by atoms with Gasteiger partial charge in [-0.25, -0.2) is 9.18 Å².